The van der Waals surface area contributed by atoms with Gasteiger partial charge in [0.1, 0.15) is 11.1 Å². The predicted octanol–water partition coefficient (Wildman–Crippen LogP) is 5.58. The van der Waals surface area contributed by atoms with Crippen LogP contribution in [-0.4, -0.2) is 11.7 Å². The number of carbonyl (C=O) groups is 2. The van der Waals surface area contributed by atoms with Crippen LogP contribution in [0.25, 0.3) is 11.0 Å². The van der Waals surface area contributed by atoms with Gasteiger partial charge in [-0.2, -0.15) is 0 Å². The van der Waals surface area contributed by atoms with Crippen molar-refractivity contribution in [3.05, 3.63) is 110 Å². The summed E-state index contributed by atoms with van der Waals surface area (Å²) in [6, 6.07) is 19.2. The molecule has 0 aliphatic rings. The third-order valence-electron chi connectivity index (χ3n) is 4.45. The number of hydrogen-bond donors (Lipinski definition) is 1. The molecule has 0 fully saturated rings. The summed E-state index contributed by atoms with van der Waals surface area (Å²) in [6.07, 6.45) is 0. The molecule has 4 rings (SSSR count). The summed E-state index contributed by atoms with van der Waals surface area (Å²) in [5.41, 5.74) is 0.173. The Morgan fingerprint density at radius 2 is 1.50 bits per heavy atom. The molecule has 30 heavy (non-hydrogen) atoms. The Morgan fingerprint density at radius 1 is 0.800 bits per heavy atom. The number of carbonyl (C=O) groups excluding carboxylic acids is 2. The quantitative estimate of drug-likeness (QED) is 0.333. The van der Waals surface area contributed by atoms with Gasteiger partial charge in [0.05, 0.1) is 5.69 Å². The smallest absolute Gasteiger partial charge is 0.349 e. The van der Waals surface area contributed by atoms with Gasteiger partial charge >= 0.3 is 5.63 Å². The fourth-order valence-electron chi connectivity index (χ4n) is 3.00. The molecule has 0 aliphatic carbocycles. The van der Waals surface area contributed by atoms with Crippen molar-refractivity contribution in [3.63, 3.8) is 0 Å². The van der Waals surface area contributed by atoms with E-state index >= 15 is 0 Å². The van der Waals surface area contributed by atoms with Crippen LogP contribution in [0.5, 0.6) is 0 Å². The fourth-order valence-corrected chi connectivity index (χ4v) is 3.35. The minimum Gasteiger partial charge on any atom is -0.422 e. The number of amides is 1. The van der Waals surface area contributed by atoms with Gasteiger partial charge in [-0.3, -0.25) is 9.59 Å². The van der Waals surface area contributed by atoms with Gasteiger partial charge in [0.15, 0.2) is 5.78 Å². The summed E-state index contributed by atoms with van der Waals surface area (Å²) in [5, 5.41) is 3.90. The van der Waals surface area contributed by atoms with Gasteiger partial charge in [-0.25, -0.2) is 4.79 Å². The number of nitrogens with one attached hydrogen (secondary N) is 1. The summed E-state index contributed by atoms with van der Waals surface area (Å²) in [6.45, 7) is 0. The summed E-state index contributed by atoms with van der Waals surface area (Å²) < 4.78 is 5.21. The van der Waals surface area contributed by atoms with Crippen molar-refractivity contribution in [2.75, 3.05) is 5.32 Å². The topological polar surface area (TPSA) is 76.4 Å². The Balaban J connectivity index is 1.72. The lowest BCUT2D eigenvalue weighted by Crippen LogP contribution is -2.22. The van der Waals surface area contributed by atoms with Crippen molar-refractivity contribution < 1.29 is 14.0 Å². The van der Waals surface area contributed by atoms with Crippen LogP contribution < -0.4 is 10.9 Å². The second-order valence-corrected chi connectivity index (χ2v) is 7.34. The first kappa shape index (κ1) is 19.9. The average molecular weight is 438 g/mol. The maximum Gasteiger partial charge on any atom is 0.349 e. The Kier molecular flexibility index (Phi) is 5.40. The van der Waals surface area contributed by atoms with Crippen LogP contribution in [0.2, 0.25) is 10.0 Å². The molecule has 0 bridgehead atoms. The zero-order chi connectivity index (χ0) is 21.3. The molecule has 5 nitrogen and oxygen atoms in total. The van der Waals surface area contributed by atoms with Crippen molar-refractivity contribution in [2.24, 2.45) is 0 Å². The number of fused-ring (bicyclic) bond motifs is 1. The van der Waals surface area contributed by atoms with Crippen LogP contribution in [0.1, 0.15) is 26.3 Å². The molecule has 0 unspecified atom stereocenters. The number of anilines is 1. The molecule has 0 radical (unpaired) electrons. The van der Waals surface area contributed by atoms with Gasteiger partial charge in [-0.05, 0) is 42.5 Å². The maximum atomic E-state index is 12.9. The Labute approximate surface area is 180 Å². The van der Waals surface area contributed by atoms with E-state index in [1.165, 1.54) is 18.2 Å². The summed E-state index contributed by atoms with van der Waals surface area (Å²) in [4.78, 5) is 38.0. The molecule has 0 saturated carbocycles. The monoisotopic (exact) mass is 437 g/mol. The second kappa shape index (κ2) is 8.14. The molecule has 148 valence electrons. The molecule has 7 heteroatoms. The van der Waals surface area contributed by atoms with Crippen LogP contribution >= 0.6 is 23.2 Å². The van der Waals surface area contributed by atoms with E-state index in [4.69, 9.17) is 27.6 Å². The van der Waals surface area contributed by atoms with E-state index in [2.05, 4.69) is 5.32 Å². The first-order chi connectivity index (χ1) is 14.4. The van der Waals surface area contributed by atoms with Crippen LogP contribution in [-0.2, 0) is 0 Å². The molecular weight excluding hydrogens is 425 g/mol. The number of rotatable bonds is 4. The van der Waals surface area contributed by atoms with Crippen LogP contribution in [0.3, 0.4) is 0 Å². The summed E-state index contributed by atoms with van der Waals surface area (Å²) >= 11 is 12.0. The second-order valence-electron chi connectivity index (χ2n) is 6.47. The SMILES string of the molecule is O=C(c1ccccc1)c1cc(Cl)ccc1NC(=O)c1cc2cc(Cl)ccc2oc1=O. The van der Waals surface area contributed by atoms with E-state index in [1.54, 1.807) is 54.6 Å². The van der Waals surface area contributed by atoms with E-state index in [9.17, 15) is 14.4 Å². The van der Waals surface area contributed by atoms with Gasteiger partial charge in [0.2, 0.25) is 0 Å². The molecule has 0 saturated heterocycles. The van der Waals surface area contributed by atoms with Crippen molar-refractivity contribution in [1.29, 1.82) is 0 Å². The predicted molar refractivity (Wildman–Crippen MR) is 117 cm³/mol. The fraction of sp³-hybridized carbons (Fsp3) is 0. The minimum absolute atomic E-state index is 0.204. The Morgan fingerprint density at radius 3 is 2.27 bits per heavy atom. The number of benzene rings is 3. The average Bonchev–Trinajstić information content (AvgIpc) is 2.74. The zero-order valence-corrected chi connectivity index (χ0v) is 16.8. The zero-order valence-electron chi connectivity index (χ0n) is 15.3. The van der Waals surface area contributed by atoms with Crippen LogP contribution in [0, 0.1) is 0 Å². The Hall–Kier alpha value is -3.41. The molecule has 1 amide bonds. The third kappa shape index (κ3) is 3.99. The molecule has 0 atom stereocenters. The number of halogens is 2. The molecule has 1 aromatic heterocycles. The normalized spacial score (nSPS) is 10.7. The minimum atomic E-state index is -0.799. The van der Waals surface area contributed by atoms with Crippen molar-refractivity contribution in [1.82, 2.24) is 0 Å². The molecule has 1 heterocycles. The lowest BCUT2D eigenvalue weighted by atomic mass is 10.0. The number of ketones is 1. The lowest BCUT2D eigenvalue weighted by Gasteiger charge is -2.11. The largest absolute Gasteiger partial charge is 0.422 e. The highest BCUT2D eigenvalue weighted by Crippen LogP contribution is 2.25. The standard InChI is InChI=1S/C23H13Cl2NO4/c24-15-7-9-20-14(10-15)11-18(23(29)30-20)22(28)26-19-8-6-16(25)12-17(19)21(27)13-4-2-1-3-5-13/h1-12H,(H,26,28). The summed E-state index contributed by atoms with van der Waals surface area (Å²) in [5.74, 6) is -1.03. The van der Waals surface area contributed by atoms with Gasteiger partial charge < -0.3 is 9.73 Å². The van der Waals surface area contributed by atoms with E-state index in [0.29, 0.717) is 26.6 Å². The van der Waals surface area contributed by atoms with Crippen molar-refractivity contribution in [3.8, 4) is 0 Å². The molecule has 4 aromatic rings. The van der Waals surface area contributed by atoms with Crippen molar-refractivity contribution in [2.45, 2.75) is 0 Å². The van der Waals surface area contributed by atoms with Crippen LogP contribution in [0.4, 0.5) is 5.69 Å². The van der Waals surface area contributed by atoms with Crippen LogP contribution in [0.15, 0.2) is 82.0 Å². The molecular formula is C23H13Cl2NO4. The summed E-state index contributed by atoms with van der Waals surface area (Å²) in [7, 11) is 0. The van der Waals surface area contributed by atoms with E-state index in [1.807, 2.05) is 0 Å². The van der Waals surface area contributed by atoms with E-state index in [0.717, 1.165) is 0 Å². The first-order valence-electron chi connectivity index (χ1n) is 8.86. The maximum absolute atomic E-state index is 12.9. The first-order valence-corrected chi connectivity index (χ1v) is 9.62. The van der Waals surface area contributed by atoms with Gasteiger partial charge in [0.25, 0.3) is 5.91 Å². The Bertz CT molecular complexity index is 1350. The van der Waals surface area contributed by atoms with Gasteiger partial charge in [-0.15, -0.1) is 0 Å². The van der Waals surface area contributed by atoms with E-state index in [-0.39, 0.29) is 22.6 Å². The van der Waals surface area contributed by atoms with Crippen molar-refractivity contribution >= 4 is 51.5 Å². The van der Waals surface area contributed by atoms with Gasteiger partial charge in [0, 0.05) is 26.6 Å². The highest BCUT2D eigenvalue weighted by molar-refractivity contribution is 6.32. The van der Waals surface area contributed by atoms with Gasteiger partial charge in [-0.1, -0.05) is 53.5 Å². The highest BCUT2D eigenvalue weighted by Gasteiger charge is 2.19. The molecule has 0 spiro atoms. The molecule has 0 aliphatic heterocycles. The third-order valence-corrected chi connectivity index (χ3v) is 4.92. The lowest BCUT2D eigenvalue weighted by molar-refractivity contribution is 0.102. The highest BCUT2D eigenvalue weighted by atomic mass is 35.5. The van der Waals surface area contributed by atoms with E-state index < -0.39 is 11.5 Å². The number of hydrogen-bond acceptors (Lipinski definition) is 4. The molecule has 1 N–H and O–H groups in total. The molecule has 3 aromatic carbocycles.